The summed E-state index contributed by atoms with van der Waals surface area (Å²) in [5.41, 5.74) is 3.58. The Balaban J connectivity index is 1.57. The van der Waals surface area contributed by atoms with Crippen LogP contribution in [0.15, 0.2) is 76.8 Å². The fourth-order valence-corrected chi connectivity index (χ4v) is 4.08. The fourth-order valence-electron chi connectivity index (χ4n) is 3.28. The van der Waals surface area contributed by atoms with Crippen molar-refractivity contribution in [1.29, 1.82) is 5.26 Å². The van der Waals surface area contributed by atoms with Gasteiger partial charge in [0.2, 0.25) is 0 Å². The third kappa shape index (κ3) is 5.39. The number of hydrogen-bond donors (Lipinski definition) is 2. The highest BCUT2D eigenvalue weighted by Crippen LogP contribution is 2.33. The minimum atomic E-state index is -1.06. The van der Waals surface area contributed by atoms with Gasteiger partial charge in [-0.05, 0) is 60.7 Å². The lowest BCUT2D eigenvalue weighted by Crippen LogP contribution is -2.02. The average Bonchev–Trinajstić information content (AvgIpc) is 3.26. The summed E-state index contributed by atoms with van der Waals surface area (Å²) in [5.74, 6) is -0.0606. The number of hydrogen-bond acceptors (Lipinski definition) is 6. The molecule has 0 saturated carbocycles. The third-order valence-corrected chi connectivity index (χ3v) is 5.77. The number of nitriles is 1. The number of H-pyrrole nitrogens is 1. The Hall–Kier alpha value is -4.22. The lowest BCUT2D eigenvalue weighted by Gasteiger charge is -2.13. The Morgan fingerprint density at radius 3 is 2.68 bits per heavy atom. The maximum Gasteiger partial charge on any atom is 0.342 e. The number of nitrogens with zero attached hydrogens (tertiary/aromatic N) is 2. The Labute approximate surface area is 200 Å². The summed E-state index contributed by atoms with van der Waals surface area (Å²) in [6, 6.07) is 22.1. The number of aromatic nitrogens is 2. The first-order chi connectivity index (χ1) is 16.6. The molecule has 1 aromatic heterocycles. The van der Waals surface area contributed by atoms with Crippen LogP contribution in [0.2, 0.25) is 0 Å². The molecule has 0 aliphatic heterocycles. The zero-order chi connectivity index (χ0) is 23.9. The van der Waals surface area contributed by atoms with Crippen LogP contribution in [0.1, 0.15) is 23.6 Å². The third-order valence-electron chi connectivity index (χ3n) is 4.87. The molecule has 34 heavy (non-hydrogen) atoms. The number of imidazole rings is 1. The van der Waals surface area contributed by atoms with Crippen LogP contribution in [-0.4, -0.2) is 27.7 Å². The predicted molar refractivity (Wildman–Crippen MR) is 131 cm³/mol. The van der Waals surface area contributed by atoms with Crippen molar-refractivity contribution in [3.8, 4) is 17.6 Å². The first-order valence-electron chi connectivity index (χ1n) is 10.5. The molecule has 8 heteroatoms. The molecule has 0 atom stereocenters. The SMILES string of the molecule is CCOc1cc(/C=C(\Sc2nc3ccccc3[nH]2)C(=O)O)ccc1OCc1ccccc1C#N. The number of carboxylic acid groups (broad SMARTS) is 1. The largest absolute Gasteiger partial charge is 0.490 e. The Kier molecular flexibility index (Phi) is 7.16. The number of nitrogens with one attached hydrogen (secondary N) is 1. The van der Waals surface area contributed by atoms with Crippen molar-refractivity contribution in [2.45, 2.75) is 18.7 Å². The molecule has 0 aliphatic carbocycles. The summed E-state index contributed by atoms with van der Waals surface area (Å²) < 4.78 is 11.7. The molecule has 0 saturated heterocycles. The Morgan fingerprint density at radius 2 is 1.91 bits per heavy atom. The molecule has 7 nitrogen and oxygen atoms in total. The maximum atomic E-state index is 11.9. The van der Waals surface area contributed by atoms with E-state index >= 15 is 0 Å². The van der Waals surface area contributed by atoms with Crippen molar-refractivity contribution >= 4 is 34.8 Å². The molecule has 0 unspecified atom stereocenters. The molecule has 0 radical (unpaired) electrons. The van der Waals surface area contributed by atoms with E-state index in [4.69, 9.17) is 9.47 Å². The van der Waals surface area contributed by atoms with Gasteiger partial charge in [-0.1, -0.05) is 36.4 Å². The van der Waals surface area contributed by atoms with Crippen LogP contribution in [0.5, 0.6) is 11.5 Å². The summed E-state index contributed by atoms with van der Waals surface area (Å²) in [4.78, 5) is 19.6. The van der Waals surface area contributed by atoms with Gasteiger partial charge >= 0.3 is 5.97 Å². The summed E-state index contributed by atoms with van der Waals surface area (Å²) in [6.45, 7) is 2.48. The number of benzene rings is 3. The van der Waals surface area contributed by atoms with Gasteiger partial charge < -0.3 is 19.6 Å². The van der Waals surface area contributed by atoms with Gasteiger partial charge in [0.25, 0.3) is 0 Å². The number of fused-ring (bicyclic) bond motifs is 1. The normalized spacial score (nSPS) is 11.2. The minimum Gasteiger partial charge on any atom is -0.490 e. The van der Waals surface area contributed by atoms with E-state index in [1.807, 2.05) is 43.3 Å². The molecule has 2 N–H and O–H groups in total. The Morgan fingerprint density at radius 1 is 1.12 bits per heavy atom. The molecule has 0 spiro atoms. The number of carboxylic acids is 1. The number of rotatable bonds is 9. The smallest absolute Gasteiger partial charge is 0.342 e. The van der Waals surface area contributed by atoms with Gasteiger partial charge in [-0.25, -0.2) is 9.78 Å². The number of thioether (sulfide) groups is 1. The molecule has 3 aromatic carbocycles. The highest BCUT2D eigenvalue weighted by Gasteiger charge is 2.14. The second kappa shape index (κ2) is 10.6. The molecule has 4 aromatic rings. The molecule has 0 aliphatic rings. The summed E-state index contributed by atoms with van der Waals surface area (Å²) in [5, 5.41) is 19.5. The number of para-hydroxylation sites is 2. The van der Waals surface area contributed by atoms with E-state index in [2.05, 4.69) is 16.0 Å². The summed E-state index contributed by atoms with van der Waals surface area (Å²) in [7, 11) is 0. The van der Waals surface area contributed by atoms with E-state index in [1.54, 1.807) is 36.4 Å². The molecular weight excluding hydrogens is 450 g/mol. The number of ether oxygens (including phenoxy) is 2. The van der Waals surface area contributed by atoms with Crippen molar-refractivity contribution in [2.24, 2.45) is 0 Å². The Bertz CT molecular complexity index is 1370. The van der Waals surface area contributed by atoms with E-state index in [-0.39, 0.29) is 11.5 Å². The number of aliphatic carboxylic acids is 1. The molecule has 0 bridgehead atoms. The zero-order valence-electron chi connectivity index (χ0n) is 18.3. The summed E-state index contributed by atoms with van der Waals surface area (Å²) in [6.07, 6.45) is 1.57. The van der Waals surface area contributed by atoms with Gasteiger partial charge in [0, 0.05) is 5.56 Å². The topological polar surface area (TPSA) is 108 Å². The highest BCUT2D eigenvalue weighted by atomic mass is 32.2. The summed E-state index contributed by atoms with van der Waals surface area (Å²) >= 11 is 1.04. The van der Waals surface area contributed by atoms with Crippen molar-refractivity contribution in [3.63, 3.8) is 0 Å². The van der Waals surface area contributed by atoms with Crippen molar-refractivity contribution in [2.75, 3.05) is 6.61 Å². The van der Waals surface area contributed by atoms with Gasteiger partial charge in [0.05, 0.1) is 29.3 Å². The minimum absolute atomic E-state index is 0.109. The standard InChI is InChI=1S/C26H21N3O4S/c1-2-32-23-13-17(11-12-22(23)33-16-19-8-4-3-7-18(19)15-27)14-24(25(30)31)34-26-28-20-9-5-6-10-21(20)29-26/h3-14H,2,16H2,1H3,(H,28,29)(H,30,31)/b24-14-. The molecule has 4 rings (SSSR count). The quantitative estimate of drug-likeness (QED) is 0.240. The number of carbonyl (C=O) groups is 1. The van der Waals surface area contributed by atoms with Gasteiger partial charge in [0.1, 0.15) is 11.5 Å². The average molecular weight is 472 g/mol. The van der Waals surface area contributed by atoms with Crippen LogP contribution in [0.4, 0.5) is 0 Å². The maximum absolute atomic E-state index is 11.9. The molecule has 0 amide bonds. The van der Waals surface area contributed by atoms with Crippen LogP contribution >= 0.6 is 11.8 Å². The highest BCUT2D eigenvalue weighted by molar-refractivity contribution is 8.04. The van der Waals surface area contributed by atoms with Gasteiger partial charge in [-0.2, -0.15) is 5.26 Å². The van der Waals surface area contributed by atoms with Crippen LogP contribution in [0.3, 0.4) is 0 Å². The van der Waals surface area contributed by atoms with E-state index in [1.165, 1.54) is 0 Å². The fraction of sp³-hybridized carbons (Fsp3) is 0.115. The molecular formula is C26H21N3O4S. The van der Waals surface area contributed by atoms with Gasteiger partial charge in [0.15, 0.2) is 16.7 Å². The van der Waals surface area contributed by atoms with Crippen molar-refractivity contribution < 1.29 is 19.4 Å². The molecule has 1 heterocycles. The zero-order valence-corrected chi connectivity index (χ0v) is 19.1. The van der Waals surface area contributed by atoms with E-state index in [0.717, 1.165) is 28.4 Å². The second-order valence-corrected chi connectivity index (χ2v) is 8.20. The van der Waals surface area contributed by atoms with E-state index < -0.39 is 5.97 Å². The van der Waals surface area contributed by atoms with Gasteiger partial charge in [-0.15, -0.1) is 0 Å². The molecule has 170 valence electrons. The van der Waals surface area contributed by atoms with E-state index in [9.17, 15) is 15.2 Å². The van der Waals surface area contributed by atoms with Gasteiger partial charge in [-0.3, -0.25) is 0 Å². The first kappa shape index (κ1) is 23.0. The lowest BCUT2D eigenvalue weighted by atomic mass is 10.1. The van der Waals surface area contributed by atoms with Crippen LogP contribution in [0.25, 0.3) is 17.1 Å². The first-order valence-corrected chi connectivity index (χ1v) is 11.3. The lowest BCUT2D eigenvalue weighted by molar-refractivity contribution is -0.131. The van der Waals surface area contributed by atoms with Crippen LogP contribution in [0, 0.1) is 11.3 Å². The van der Waals surface area contributed by atoms with Crippen LogP contribution < -0.4 is 9.47 Å². The van der Waals surface area contributed by atoms with E-state index in [0.29, 0.717) is 34.4 Å². The monoisotopic (exact) mass is 471 g/mol. The predicted octanol–water partition coefficient (Wildman–Crippen LogP) is 5.63. The van der Waals surface area contributed by atoms with Crippen LogP contribution in [-0.2, 0) is 11.4 Å². The molecule has 0 fully saturated rings. The number of aromatic amines is 1. The van der Waals surface area contributed by atoms with Crippen molar-refractivity contribution in [1.82, 2.24) is 9.97 Å². The second-order valence-electron chi connectivity index (χ2n) is 7.17. The van der Waals surface area contributed by atoms with Crippen molar-refractivity contribution in [3.05, 3.63) is 88.3 Å².